The molecule has 0 radical (unpaired) electrons. The normalized spacial score (nSPS) is 18.2. The number of aliphatic hydroxyl groups excluding tert-OH is 1. The van der Waals surface area contributed by atoms with Gasteiger partial charge in [-0.25, -0.2) is 0 Å². The van der Waals surface area contributed by atoms with Gasteiger partial charge in [-0.3, -0.25) is 9.69 Å². The van der Waals surface area contributed by atoms with Gasteiger partial charge in [0.05, 0.1) is 6.10 Å². The lowest BCUT2D eigenvalue weighted by Crippen LogP contribution is -2.50. The SMILES string of the molecule is O=C1CCc2c(cccc2N2CCN(CC(O)CNCc3ccccc3)CC2)N1. The number of rotatable bonds is 7. The lowest BCUT2D eigenvalue weighted by Gasteiger charge is -2.38. The van der Waals surface area contributed by atoms with Gasteiger partial charge in [0.2, 0.25) is 5.91 Å². The Kier molecular flexibility index (Phi) is 6.44. The molecule has 1 fully saturated rings. The van der Waals surface area contributed by atoms with Crippen molar-refractivity contribution < 1.29 is 9.90 Å². The summed E-state index contributed by atoms with van der Waals surface area (Å²) >= 11 is 0. The fraction of sp³-hybridized carbons (Fsp3) is 0.435. The van der Waals surface area contributed by atoms with Gasteiger partial charge in [-0.1, -0.05) is 36.4 Å². The molecule has 2 aromatic carbocycles. The summed E-state index contributed by atoms with van der Waals surface area (Å²) in [5.74, 6) is 0.106. The third-order valence-electron chi connectivity index (χ3n) is 5.76. The van der Waals surface area contributed by atoms with E-state index in [1.54, 1.807) is 0 Å². The van der Waals surface area contributed by atoms with Crippen molar-refractivity contribution in [3.63, 3.8) is 0 Å². The maximum absolute atomic E-state index is 11.7. The summed E-state index contributed by atoms with van der Waals surface area (Å²) < 4.78 is 0. The Hall–Kier alpha value is -2.41. The second-order valence-corrected chi connectivity index (χ2v) is 7.91. The van der Waals surface area contributed by atoms with Crippen LogP contribution in [0.4, 0.5) is 11.4 Å². The van der Waals surface area contributed by atoms with Crippen molar-refractivity contribution in [3.05, 3.63) is 59.7 Å². The van der Waals surface area contributed by atoms with Crippen molar-refractivity contribution in [2.75, 3.05) is 49.5 Å². The molecule has 154 valence electrons. The van der Waals surface area contributed by atoms with E-state index in [2.05, 4.69) is 38.6 Å². The minimum absolute atomic E-state index is 0.106. The van der Waals surface area contributed by atoms with Gasteiger partial charge < -0.3 is 20.6 Å². The molecule has 4 rings (SSSR count). The van der Waals surface area contributed by atoms with E-state index >= 15 is 0 Å². The summed E-state index contributed by atoms with van der Waals surface area (Å²) in [5.41, 5.74) is 4.69. The third-order valence-corrected chi connectivity index (χ3v) is 5.76. The average Bonchev–Trinajstić information content (AvgIpc) is 2.74. The van der Waals surface area contributed by atoms with Crippen LogP contribution in [-0.2, 0) is 17.8 Å². The number of hydrogen-bond donors (Lipinski definition) is 3. The van der Waals surface area contributed by atoms with E-state index in [1.807, 2.05) is 30.3 Å². The first kappa shape index (κ1) is 19.9. The Morgan fingerprint density at radius 2 is 1.79 bits per heavy atom. The quantitative estimate of drug-likeness (QED) is 0.669. The second kappa shape index (κ2) is 9.39. The molecular formula is C23H30N4O2. The largest absolute Gasteiger partial charge is 0.390 e. The van der Waals surface area contributed by atoms with Gasteiger partial charge in [-0.15, -0.1) is 0 Å². The van der Waals surface area contributed by atoms with E-state index in [0.717, 1.165) is 44.8 Å². The van der Waals surface area contributed by atoms with Crippen molar-refractivity contribution in [2.45, 2.75) is 25.5 Å². The van der Waals surface area contributed by atoms with Crippen LogP contribution >= 0.6 is 0 Å². The Bertz CT molecular complexity index is 819. The molecule has 6 nitrogen and oxygen atoms in total. The van der Waals surface area contributed by atoms with Crippen molar-refractivity contribution in [1.82, 2.24) is 10.2 Å². The van der Waals surface area contributed by atoms with E-state index in [-0.39, 0.29) is 12.0 Å². The molecule has 0 bridgehead atoms. The maximum Gasteiger partial charge on any atom is 0.224 e. The van der Waals surface area contributed by atoms with Gasteiger partial charge >= 0.3 is 0 Å². The molecule has 0 aliphatic carbocycles. The number of amides is 1. The minimum atomic E-state index is -0.370. The highest BCUT2D eigenvalue weighted by molar-refractivity contribution is 5.95. The lowest BCUT2D eigenvalue weighted by atomic mass is 10.00. The first-order valence-corrected chi connectivity index (χ1v) is 10.5. The number of carbonyl (C=O) groups is 1. The molecule has 1 amide bonds. The van der Waals surface area contributed by atoms with Crippen LogP contribution in [0.5, 0.6) is 0 Å². The number of β-amino-alcohol motifs (C(OH)–C–C–N with tert-alkyl or cyclic N) is 1. The Morgan fingerprint density at radius 3 is 2.59 bits per heavy atom. The van der Waals surface area contributed by atoms with E-state index in [0.29, 0.717) is 19.5 Å². The topological polar surface area (TPSA) is 67.8 Å². The molecule has 2 aromatic rings. The predicted molar refractivity (Wildman–Crippen MR) is 116 cm³/mol. The highest BCUT2D eigenvalue weighted by Crippen LogP contribution is 2.32. The number of fused-ring (bicyclic) bond motifs is 1. The number of carbonyl (C=O) groups excluding carboxylic acids is 1. The zero-order valence-corrected chi connectivity index (χ0v) is 16.8. The van der Waals surface area contributed by atoms with Gasteiger partial charge in [0.25, 0.3) is 0 Å². The highest BCUT2D eigenvalue weighted by Gasteiger charge is 2.24. The molecule has 2 aliphatic rings. The second-order valence-electron chi connectivity index (χ2n) is 7.91. The zero-order valence-electron chi connectivity index (χ0n) is 16.8. The minimum Gasteiger partial charge on any atom is -0.390 e. The predicted octanol–water partition coefficient (Wildman–Crippen LogP) is 1.84. The molecule has 29 heavy (non-hydrogen) atoms. The highest BCUT2D eigenvalue weighted by atomic mass is 16.3. The van der Waals surface area contributed by atoms with E-state index < -0.39 is 0 Å². The summed E-state index contributed by atoms with van der Waals surface area (Å²) in [4.78, 5) is 16.4. The first-order valence-electron chi connectivity index (χ1n) is 10.5. The van der Waals surface area contributed by atoms with Crippen molar-refractivity contribution in [2.24, 2.45) is 0 Å². The molecule has 1 unspecified atom stereocenters. The fourth-order valence-corrected chi connectivity index (χ4v) is 4.21. The maximum atomic E-state index is 11.7. The van der Waals surface area contributed by atoms with Crippen LogP contribution in [0.3, 0.4) is 0 Å². The Morgan fingerprint density at radius 1 is 1.00 bits per heavy atom. The molecule has 3 N–H and O–H groups in total. The van der Waals surface area contributed by atoms with Gasteiger partial charge in [-0.05, 0) is 29.7 Å². The third kappa shape index (κ3) is 5.15. The smallest absolute Gasteiger partial charge is 0.224 e. The van der Waals surface area contributed by atoms with Crippen LogP contribution in [0.2, 0.25) is 0 Å². The summed E-state index contributed by atoms with van der Waals surface area (Å²) in [5, 5.41) is 16.7. The molecule has 6 heteroatoms. The number of anilines is 2. The van der Waals surface area contributed by atoms with Crippen molar-refractivity contribution in [1.29, 1.82) is 0 Å². The number of hydrogen-bond acceptors (Lipinski definition) is 5. The average molecular weight is 395 g/mol. The van der Waals surface area contributed by atoms with Crippen LogP contribution in [0.25, 0.3) is 0 Å². The van der Waals surface area contributed by atoms with Crippen molar-refractivity contribution >= 4 is 17.3 Å². The molecule has 2 heterocycles. The molecule has 2 aliphatic heterocycles. The van der Waals surface area contributed by atoms with E-state index in [1.165, 1.54) is 16.8 Å². The molecule has 0 spiro atoms. The number of piperazine rings is 1. The molecule has 0 saturated carbocycles. The van der Waals surface area contributed by atoms with E-state index in [9.17, 15) is 9.90 Å². The van der Waals surface area contributed by atoms with E-state index in [4.69, 9.17) is 0 Å². The van der Waals surface area contributed by atoms with Gasteiger partial charge in [0.1, 0.15) is 0 Å². The van der Waals surface area contributed by atoms with Crippen LogP contribution in [0.15, 0.2) is 48.5 Å². The van der Waals surface area contributed by atoms with Crippen LogP contribution in [-0.4, -0.2) is 61.3 Å². The summed E-state index contributed by atoms with van der Waals surface area (Å²) in [7, 11) is 0. The monoisotopic (exact) mass is 394 g/mol. The number of benzene rings is 2. The number of nitrogens with one attached hydrogen (secondary N) is 2. The first-order chi connectivity index (χ1) is 14.2. The zero-order chi connectivity index (χ0) is 20.1. The fourth-order valence-electron chi connectivity index (χ4n) is 4.21. The lowest BCUT2D eigenvalue weighted by molar-refractivity contribution is -0.116. The van der Waals surface area contributed by atoms with Crippen LogP contribution < -0.4 is 15.5 Å². The van der Waals surface area contributed by atoms with Crippen molar-refractivity contribution in [3.8, 4) is 0 Å². The standard InChI is InChI=1S/C23H30N4O2/c28-19(16-24-15-18-5-2-1-3-6-18)17-26-11-13-27(14-12-26)22-8-4-7-21-20(22)9-10-23(29)25-21/h1-8,19,24,28H,9-17H2,(H,25,29). The van der Waals surface area contributed by atoms with Crippen LogP contribution in [0.1, 0.15) is 17.5 Å². The summed E-state index contributed by atoms with van der Waals surface area (Å²) in [6, 6.07) is 16.4. The molecule has 1 saturated heterocycles. The number of aliphatic hydroxyl groups is 1. The summed E-state index contributed by atoms with van der Waals surface area (Å²) in [6.07, 6.45) is 1.00. The van der Waals surface area contributed by atoms with Gasteiger partial charge in [-0.2, -0.15) is 0 Å². The molecule has 0 aromatic heterocycles. The number of nitrogens with zero attached hydrogens (tertiary/aromatic N) is 2. The van der Waals surface area contributed by atoms with Gasteiger partial charge in [0.15, 0.2) is 0 Å². The Balaban J connectivity index is 1.24. The molecular weight excluding hydrogens is 364 g/mol. The molecule has 1 atom stereocenters. The van der Waals surface area contributed by atoms with Crippen LogP contribution in [0, 0.1) is 0 Å². The van der Waals surface area contributed by atoms with Gasteiger partial charge in [0, 0.05) is 63.6 Å². The Labute approximate surface area is 172 Å². The summed E-state index contributed by atoms with van der Waals surface area (Å²) in [6.45, 7) is 5.82.